The van der Waals surface area contributed by atoms with Gasteiger partial charge in [-0.15, -0.1) is 0 Å². The lowest BCUT2D eigenvalue weighted by atomic mass is 9.94. The Kier molecular flexibility index (Phi) is 5.81. The number of carbonyl (C=O) groups excluding carboxylic acids is 2. The molecule has 0 bridgehead atoms. The van der Waals surface area contributed by atoms with E-state index in [1.54, 1.807) is 14.0 Å². The molecule has 1 saturated carbocycles. The summed E-state index contributed by atoms with van der Waals surface area (Å²) >= 11 is 0. The number of benzene rings is 1. The quantitative estimate of drug-likeness (QED) is 0.792. The molecule has 0 spiro atoms. The SMILES string of the molecule is CCOC(=O)C1=C(Nc2ccc(OC)cc2)C(=O)N(C2CCCCC2)C1. The van der Waals surface area contributed by atoms with Crippen LogP contribution in [0.4, 0.5) is 5.69 Å². The molecule has 1 N–H and O–H groups in total. The molecule has 0 aromatic heterocycles. The van der Waals surface area contributed by atoms with E-state index in [0.717, 1.165) is 37.1 Å². The van der Waals surface area contributed by atoms with Crippen LogP contribution in [0.25, 0.3) is 0 Å². The van der Waals surface area contributed by atoms with E-state index in [9.17, 15) is 9.59 Å². The number of methoxy groups -OCH3 is 1. The Morgan fingerprint density at radius 3 is 2.50 bits per heavy atom. The number of esters is 1. The van der Waals surface area contributed by atoms with Crippen molar-refractivity contribution in [2.45, 2.75) is 45.1 Å². The van der Waals surface area contributed by atoms with E-state index in [1.807, 2.05) is 29.2 Å². The third kappa shape index (κ3) is 3.84. The minimum atomic E-state index is -0.421. The largest absolute Gasteiger partial charge is 0.497 e. The molecule has 140 valence electrons. The Morgan fingerprint density at radius 1 is 1.19 bits per heavy atom. The molecule has 0 radical (unpaired) electrons. The van der Waals surface area contributed by atoms with E-state index >= 15 is 0 Å². The van der Waals surface area contributed by atoms with E-state index in [1.165, 1.54) is 6.42 Å². The molecule has 1 aliphatic heterocycles. The number of nitrogens with one attached hydrogen (secondary N) is 1. The van der Waals surface area contributed by atoms with E-state index in [4.69, 9.17) is 9.47 Å². The van der Waals surface area contributed by atoms with Crippen LogP contribution in [0.15, 0.2) is 35.5 Å². The van der Waals surface area contributed by atoms with Gasteiger partial charge in [-0.05, 0) is 44.0 Å². The van der Waals surface area contributed by atoms with Crippen LogP contribution >= 0.6 is 0 Å². The average Bonchev–Trinajstić information content (AvgIpc) is 3.00. The predicted molar refractivity (Wildman–Crippen MR) is 98.9 cm³/mol. The number of hydrogen-bond donors (Lipinski definition) is 1. The fourth-order valence-electron chi connectivity index (χ4n) is 3.61. The second kappa shape index (κ2) is 8.25. The summed E-state index contributed by atoms with van der Waals surface area (Å²) in [5, 5.41) is 3.13. The van der Waals surface area contributed by atoms with Gasteiger partial charge < -0.3 is 19.7 Å². The van der Waals surface area contributed by atoms with E-state index < -0.39 is 5.97 Å². The molecule has 1 amide bonds. The topological polar surface area (TPSA) is 67.9 Å². The molecule has 1 heterocycles. The van der Waals surface area contributed by atoms with E-state index in [0.29, 0.717) is 17.8 Å². The number of rotatable bonds is 6. The first kappa shape index (κ1) is 18.3. The van der Waals surface area contributed by atoms with Crippen molar-refractivity contribution in [2.24, 2.45) is 0 Å². The van der Waals surface area contributed by atoms with Crippen molar-refractivity contribution in [3.8, 4) is 5.75 Å². The molecule has 1 aromatic rings. The number of hydrogen-bond acceptors (Lipinski definition) is 5. The predicted octanol–water partition coefficient (Wildman–Crippen LogP) is 3.10. The van der Waals surface area contributed by atoms with Crippen molar-refractivity contribution in [3.05, 3.63) is 35.5 Å². The fraction of sp³-hybridized carbons (Fsp3) is 0.500. The van der Waals surface area contributed by atoms with E-state index in [-0.39, 0.29) is 18.6 Å². The Labute approximate surface area is 154 Å². The molecule has 26 heavy (non-hydrogen) atoms. The Morgan fingerprint density at radius 2 is 1.88 bits per heavy atom. The van der Waals surface area contributed by atoms with Crippen LogP contribution in [0.2, 0.25) is 0 Å². The summed E-state index contributed by atoms with van der Waals surface area (Å²) in [6.07, 6.45) is 5.47. The zero-order chi connectivity index (χ0) is 18.5. The van der Waals surface area contributed by atoms with Gasteiger partial charge in [0.25, 0.3) is 5.91 Å². The maximum absolute atomic E-state index is 13.0. The summed E-state index contributed by atoms with van der Waals surface area (Å²) in [5.74, 6) is 0.197. The molecule has 2 aliphatic rings. The van der Waals surface area contributed by atoms with E-state index in [2.05, 4.69) is 5.32 Å². The highest BCUT2D eigenvalue weighted by Crippen LogP contribution is 2.30. The van der Waals surface area contributed by atoms with Crippen molar-refractivity contribution < 1.29 is 19.1 Å². The highest BCUT2D eigenvalue weighted by atomic mass is 16.5. The summed E-state index contributed by atoms with van der Waals surface area (Å²) < 4.78 is 10.3. The summed E-state index contributed by atoms with van der Waals surface area (Å²) in [6, 6.07) is 7.48. The van der Waals surface area contributed by atoms with Gasteiger partial charge in [0.1, 0.15) is 11.4 Å². The van der Waals surface area contributed by atoms with Crippen LogP contribution in [0.5, 0.6) is 5.75 Å². The molecule has 6 heteroatoms. The van der Waals surface area contributed by atoms with Gasteiger partial charge in [0.2, 0.25) is 0 Å². The Bertz CT molecular complexity index is 690. The first-order valence-corrected chi connectivity index (χ1v) is 9.26. The summed E-state index contributed by atoms with van der Waals surface area (Å²) in [4.78, 5) is 27.3. The Hall–Kier alpha value is -2.50. The maximum atomic E-state index is 13.0. The highest BCUT2D eigenvalue weighted by Gasteiger charge is 2.38. The normalized spacial score (nSPS) is 18.2. The fourth-order valence-corrected chi connectivity index (χ4v) is 3.61. The lowest BCUT2D eigenvalue weighted by Gasteiger charge is -2.31. The average molecular weight is 358 g/mol. The molecule has 1 fully saturated rings. The molecule has 0 unspecified atom stereocenters. The minimum absolute atomic E-state index is 0.115. The number of carbonyl (C=O) groups is 2. The summed E-state index contributed by atoms with van der Waals surface area (Å²) in [5.41, 5.74) is 1.49. The lowest BCUT2D eigenvalue weighted by molar-refractivity contribution is -0.138. The third-order valence-electron chi connectivity index (χ3n) is 5.00. The highest BCUT2D eigenvalue weighted by molar-refractivity contribution is 6.08. The monoisotopic (exact) mass is 358 g/mol. The zero-order valence-corrected chi connectivity index (χ0v) is 15.4. The van der Waals surface area contributed by atoms with Crippen molar-refractivity contribution in [3.63, 3.8) is 0 Å². The number of anilines is 1. The molecule has 0 saturated heterocycles. The van der Waals surface area contributed by atoms with Crippen LogP contribution in [0.1, 0.15) is 39.0 Å². The van der Waals surface area contributed by atoms with Crippen molar-refractivity contribution >= 4 is 17.6 Å². The van der Waals surface area contributed by atoms with Gasteiger partial charge in [-0.3, -0.25) is 4.79 Å². The molecule has 1 aromatic carbocycles. The Balaban J connectivity index is 1.83. The molecule has 6 nitrogen and oxygen atoms in total. The second-order valence-electron chi connectivity index (χ2n) is 6.65. The lowest BCUT2D eigenvalue weighted by Crippen LogP contribution is -2.39. The van der Waals surface area contributed by atoms with Crippen LogP contribution < -0.4 is 10.1 Å². The number of ether oxygens (including phenoxy) is 2. The van der Waals surface area contributed by atoms with Gasteiger partial charge >= 0.3 is 5.97 Å². The summed E-state index contributed by atoms with van der Waals surface area (Å²) in [6.45, 7) is 2.38. The standard InChI is InChI=1S/C20H26N2O4/c1-3-26-20(24)17-13-22(15-7-5-4-6-8-15)19(23)18(17)21-14-9-11-16(25-2)12-10-14/h9-12,15,21H,3-8,13H2,1-2H3. The first-order chi connectivity index (χ1) is 12.6. The van der Waals surface area contributed by atoms with Crippen molar-refractivity contribution in [1.82, 2.24) is 4.90 Å². The molecular formula is C20H26N2O4. The third-order valence-corrected chi connectivity index (χ3v) is 5.00. The zero-order valence-electron chi connectivity index (χ0n) is 15.4. The van der Waals surface area contributed by atoms with Crippen molar-refractivity contribution in [2.75, 3.05) is 25.6 Å². The van der Waals surface area contributed by atoms with Gasteiger partial charge in [-0.25, -0.2) is 4.79 Å². The van der Waals surface area contributed by atoms with Gasteiger partial charge in [0.15, 0.2) is 0 Å². The first-order valence-electron chi connectivity index (χ1n) is 9.26. The van der Waals surface area contributed by atoms with Crippen LogP contribution in [0.3, 0.4) is 0 Å². The molecule has 0 atom stereocenters. The summed E-state index contributed by atoms with van der Waals surface area (Å²) in [7, 11) is 1.60. The number of nitrogens with zero attached hydrogens (tertiary/aromatic N) is 1. The van der Waals surface area contributed by atoms with Gasteiger partial charge in [0, 0.05) is 11.7 Å². The smallest absolute Gasteiger partial charge is 0.338 e. The van der Waals surface area contributed by atoms with Gasteiger partial charge in [0.05, 0.1) is 25.8 Å². The maximum Gasteiger partial charge on any atom is 0.338 e. The molecule has 1 aliphatic carbocycles. The molecule has 3 rings (SSSR count). The van der Waals surface area contributed by atoms with Crippen molar-refractivity contribution in [1.29, 1.82) is 0 Å². The second-order valence-corrected chi connectivity index (χ2v) is 6.65. The molecular weight excluding hydrogens is 332 g/mol. The van der Waals surface area contributed by atoms with Gasteiger partial charge in [-0.2, -0.15) is 0 Å². The minimum Gasteiger partial charge on any atom is -0.497 e. The van der Waals surface area contributed by atoms with Crippen LogP contribution in [0, 0.1) is 0 Å². The van der Waals surface area contributed by atoms with Crippen LogP contribution in [-0.2, 0) is 14.3 Å². The van der Waals surface area contributed by atoms with Gasteiger partial charge in [-0.1, -0.05) is 19.3 Å². The van der Waals surface area contributed by atoms with Crippen LogP contribution in [-0.4, -0.2) is 43.1 Å². The number of amides is 1.